The number of morpholine rings is 1. The number of hydrogen-bond acceptors (Lipinski definition) is 4. The van der Waals surface area contributed by atoms with E-state index in [4.69, 9.17) is 13.9 Å². The van der Waals surface area contributed by atoms with Gasteiger partial charge in [-0.3, -0.25) is 4.90 Å². The van der Waals surface area contributed by atoms with Gasteiger partial charge < -0.3 is 13.9 Å². The molecule has 0 bridgehead atoms. The molecule has 0 N–H and O–H groups in total. The van der Waals surface area contributed by atoms with Crippen molar-refractivity contribution in [3.05, 3.63) is 22.6 Å². The second-order valence-electron chi connectivity index (χ2n) is 4.90. The van der Waals surface area contributed by atoms with Crippen LogP contribution < -0.4 is 0 Å². The Morgan fingerprint density at radius 2 is 2.11 bits per heavy atom. The van der Waals surface area contributed by atoms with E-state index in [-0.39, 0.29) is 12.2 Å². The summed E-state index contributed by atoms with van der Waals surface area (Å²) < 4.78 is 17.9. The normalized spacial score (nSPS) is 29.8. The summed E-state index contributed by atoms with van der Waals surface area (Å²) in [7, 11) is 0. The molecule has 0 amide bonds. The Hall–Kier alpha value is -0.360. The zero-order valence-electron chi connectivity index (χ0n) is 10.3. The smallest absolute Gasteiger partial charge is 0.169 e. The summed E-state index contributed by atoms with van der Waals surface area (Å²) in [6.07, 6.45) is 2.80. The van der Waals surface area contributed by atoms with Crippen LogP contribution in [0.2, 0.25) is 0 Å². The lowest BCUT2D eigenvalue weighted by Gasteiger charge is -2.34. The first-order valence-corrected chi connectivity index (χ1v) is 7.30. The van der Waals surface area contributed by atoms with Crippen LogP contribution in [0.1, 0.15) is 18.6 Å². The first-order valence-electron chi connectivity index (χ1n) is 6.51. The molecule has 2 aliphatic rings. The van der Waals surface area contributed by atoms with Crippen molar-refractivity contribution < 1.29 is 13.9 Å². The van der Waals surface area contributed by atoms with Crippen molar-refractivity contribution >= 4 is 15.9 Å². The molecule has 0 saturated carbocycles. The van der Waals surface area contributed by atoms with Crippen molar-refractivity contribution in [2.75, 3.05) is 26.3 Å². The van der Waals surface area contributed by atoms with E-state index in [1.807, 2.05) is 12.1 Å². The second-order valence-corrected chi connectivity index (χ2v) is 5.68. The minimum atomic E-state index is 0.222. The quantitative estimate of drug-likeness (QED) is 0.858. The van der Waals surface area contributed by atoms with Gasteiger partial charge in [-0.25, -0.2) is 0 Å². The third-order valence-electron chi connectivity index (χ3n) is 3.57. The van der Waals surface area contributed by atoms with Crippen LogP contribution in [0.25, 0.3) is 0 Å². The van der Waals surface area contributed by atoms with Crippen LogP contribution in [0.4, 0.5) is 0 Å². The highest BCUT2D eigenvalue weighted by atomic mass is 79.9. The van der Waals surface area contributed by atoms with Crippen molar-refractivity contribution in [1.29, 1.82) is 0 Å². The maximum absolute atomic E-state index is 5.83. The van der Waals surface area contributed by atoms with E-state index in [1.165, 1.54) is 0 Å². The van der Waals surface area contributed by atoms with Gasteiger partial charge in [-0.1, -0.05) is 0 Å². The van der Waals surface area contributed by atoms with E-state index in [1.54, 1.807) is 0 Å². The molecule has 5 heteroatoms. The average Bonchev–Trinajstić information content (AvgIpc) is 3.01. The van der Waals surface area contributed by atoms with Crippen LogP contribution >= 0.6 is 15.9 Å². The number of nitrogens with zero attached hydrogens (tertiary/aromatic N) is 1. The number of ether oxygens (including phenoxy) is 2. The van der Waals surface area contributed by atoms with Crippen molar-refractivity contribution in [3.63, 3.8) is 0 Å². The van der Waals surface area contributed by atoms with Gasteiger partial charge in [0, 0.05) is 19.7 Å². The highest BCUT2D eigenvalue weighted by Gasteiger charge is 2.31. The van der Waals surface area contributed by atoms with Gasteiger partial charge in [0.2, 0.25) is 0 Å². The third-order valence-corrected chi connectivity index (χ3v) is 3.99. The molecule has 0 unspecified atom stereocenters. The lowest BCUT2D eigenvalue weighted by atomic mass is 10.1. The number of halogens is 1. The Labute approximate surface area is 115 Å². The molecule has 1 aromatic rings. The molecule has 1 aromatic heterocycles. The third kappa shape index (κ3) is 2.96. The van der Waals surface area contributed by atoms with Crippen LogP contribution in [0.3, 0.4) is 0 Å². The molecule has 3 heterocycles. The van der Waals surface area contributed by atoms with Gasteiger partial charge in [-0.05, 0) is 40.9 Å². The van der Waals surface area contributed by atoms with Gasteiger partial charge in [0.25, 0.3) is 0 Å². The first-order chi connectivity index (χ1) is 8.81. The van der Waals surface area contributed by atoms with E-state index in [9.17, 15) is 0 Å². The van der Waals surface area contributed by atoms with Gasteiger partial charge in [0.1, 0.15) is 5.76 Å². The Bertz CT molecular complexity index is 389. The minimum Gasteiger partial charge on any atom is -0.453 e. The van der Waals surface area contributed by atoms with Crippen molar-refractivity contribution in [2.45, 2.75) is 31.6 Å². The summed E-state index contributed by atoms with van der Waals surface area (Å²) in [4.78, 5) is 2.38. The second kappa shape index (κ2) is 5.74. The van der Waals surface area contributed by atoms with Gasteiger partial charge in [0.05, 0.1) is 25.4 Å². The number of furan rings is 1. The van der Waals surface area contributed by atoms with Gasteiger partial charge >= 0.3 is 0 Å². The van der Waals surface area contributed by atoms with Crippen molar-refractivity contribution in [2.24, 2.45) is 0 Å². The molecule has 0 aromatic carbocycles. The Kier molecular flexibility index (Phi) is 4.03. The van der Waals surface area contributed by atoms with Crippen LogP contribution in [0.15, 0.2) is 21.2 Å². The molecule has 2 saturated heterocycles. The molecule has 2 aliphatic heterocycles. The zero-order valence-corrected chi connectivity index (χ0v) is 11.9. The van der Waals surface area contributed by atoms with Gasteiger partial charge in [0.15, 0.2) is 4.67 Å². The van der Waals surface area contributed by atoms with Crippen molar-refractivity contribution in [1.82, 2.24) is 4.90 Å². The molecule has 2 fully saturated rings. The molecule has 0 spiro atoms. The zero-order chi connectivity index (χ0) is 12.4. The summed E-state index contributed by atoms with van der Waals surface area (Å²) in [5.41, 5.74) is 0. The SMILES string of the molecule is Brc1ccc(CN2CCO[C@@H]([C@@H]3CCCO3)C2)o1. The highest BCUT2D eigenvalue weighted by Crippen LogP contribution is 2.22. The van der Waals surface area contributed by atoms with Crippen LogP contribution in [-0.4, -0.2) is 43.4 Å². The van der Waals surface area contributed by atoms with Gasteiger partial charge in [-0.2, -0.15) is 0 Å². The molecule has 4 nitrogen and oxygen atoms in total. The molecule has 0 radical (unpaired) electrons. The molecule has 0 aliphatic carbocycles. The molecule has 2 atom stereocenters. The summed E-state index contributed by atoms with van der Waals surface area (Å²) in [5.74, 6) is 0.995. The topological polar surface area (TPSA) is 34.8 Å². The fourth-order valence-electron chi connectivity index (χ4n) is 2.65. The summed E-state index contributed by atoms with van der Waals surface area (Å²) in [6, 6.07) is 3.95. The summed E-state index contributed by atoms with van der Waals surface area (Å²) in [5, 5.41) is 0. The Morgan fingerprint density at radius 3 is 2.83 bits per heavy atom. The summed E-state index contributed by atoms with van der Waals surface area (Å²) >= 11 is 3.33. The van der Waals surface area contributed by atoms with E-state index < -0.39 is 0 Å². The van der Waals surface area contributed by atoms with Crippen LogP contribution in [-0.2, 0) is 16.0 Å². The number of hydrogen-bond donors (Lipinski definition) is 0. The predicted octanol–water partition coefficient (Wildman–Crippen LogP) is 2.42. The monoisotopic (exact) mass is 315 g/mol. The summed E-state index contributed by atoms with van der Waals surface area (Å²) in [6.45, 7) is 4.41. The average molecular weight is 316 g/mol. The lowest BCUT2D eigenvalue weighted by Crippen LogP contribution is -2.47. The fraction of sp³-hybridized carbons (Fsp3) is 0.692. The fourth-order valence-corrected chi connectivity index (χ4v) is 2.99. The molecule has 18 heavy (non-hydrogen) atoms. The molecule has 3 rings (SSSR count). The van der Waals surface area contributed by atoms with Crippen molar-refractivity contribution in [3.8, 4) is 0 Å². The van der Waals surface area contributed by atoms with E-state index in [0.717, 1.165) is 56.1 Å². The Morgan fingerprint density at radius 1 is 1.22 bits per heavy atom. The van der Waals surface area contributed by atoms with E-state index >= 15 is 0 Å². The largest absolute Gasteiger partial charge is 0.453 e. The maximum Gasteiger partial charge on any atom is 0.169 e. The maximum atomic E-state index is 5.83. The number of rotatable bonds is 3. The lowest BCUT2D eigenvalue weighted by molar-refractivity contribution is -0.0968. The molecular formula is C13H18BrNO3. The van der Waals surface area contributed by atoms with E-state index in [0.29, 0.717) is 0 Å². The standard InChI is InChI=1S/C13H18BrNO3/c14-13-4-3-10(18-13)8-15-5-7-17-12(9-15)11-2-1-6-16-11/h3-4,11-12H,1-2,5-9H2/t11-,12+/m0/s1. The van der Waals surface area contributed by atoms with E-state index in [2.05, 4.69) is 20.8 Å². The van der Waals surface area contributed by atoms with Crippen LogP contribution in [0.5, 0.6) is 0 Å². The minimum absolute atomic E-state index is 0.222. The van der Waals surface area contributed by atoms with Crippen LogP contribution in [0, 0.1) is 0 Å². The van der Waals surface area contributed by atoms with Gasteiger partial charge in [-0.15, -0.1) is 0 Å². The molecule has 100 valence electrons. The predicted molar refractivity (Wildman–Crippen MR) is 70.4 cm³/mol. The highest BCUT2D eigenvalue weighted by molar-refractivity contribution is 9.10. The Balaban J connectivity index is 1.56. The molecular weight excluding hydrogens is 298 g/mol. The first kappa shape index (κ1) is 12.7.